The third-order valence-electron chi connectivity index (χ3n) is 3.10. The largest absolute Gasteiger partial charge is 0.388 e. The molecule has 2 aromatic rings. The third-order valence-corrected chi connectivity index (χ3v) is 3.58. The monoisotopic (exact) mass is 309 g/mol. The van der Waals surface area contributed by atoms with Crippen LogP contribution in [0.15, 0.2) is 24.3 Å². The zero-order chi connectivity index (χ0) is 15.6. The Labute approximate surface area is 126 Å². The maximum absolute atomic E-state index is 10.8. The summed E-state index contributed by atoms with van der Waals surface area (Å²) in [5, 5.41) is 24.2. The smallest absolute Gasteiger partial charge is 0.271 e. The second-order valence-electron chi connectivity index (χ2n) is 4.53. The van der Waals surface area contributed by atoms with Gasteiger partial charge in [-0.15, -0.1) is 0 Å². The fourth-order valence-corrected chi connectivity index (χ4v) is 2.09. The van der Waals surface area contributed by atoms with E-state index in [4.69, 9.17) is 12.2 Å². The Kier molecular flexibility index (Phi) is 4.34. The maximum atomic E-state index is 10.8. The van der Waals surface area contributed by atoms with Gasteiger partial charge >= 0.3 is 0 Å². The van der Waals surface area contributed by atoms with Crippen LogP contribution >= 0.6 is 12.2 Å². The zero-order valence-corrected chi connectivity index (χ0v) is 12.4. The molecule has 0 aliphatic rings. The zero-order valence-electron chi connectivity index (χ0n) is 11.6. The van der Waals surface area contributed by atoms with E-state index in [0.29, 0.717) is 23.0 Å². The average molecular weight is 309 g/mol. The normalized spacial score (nSPS) is 10.6. The molecule has 1 heterocycles. The molecule has 112 valence electrons. The standard InChI is InChI=1S/C12H15N5O3S/c1-14(9-4-3-5-10(6-9)17(19)20)8-16-12(21)15(2)11(7-18)13-16/h3-6,18H,7-8H2,1-2H3. The van der Waals surface area contributed by atoms with E-state index in [9.17, 15) is 15.2 Å². The van der Waals surface area contributed by atoms with E-state index >= 15 is 0 Å². The highest BCUT2D eigenvalue weighted by molar-refractivity contribution is 7.71. The van der Waals surface area contributed by atoms with Crippen molar-refractivity contribution in [1.82, 2.24) is 14.3 Å². The summed E-state index contributed by atoms with van der Waals surface area (Å²) in [4.78, 5) is 12.1. The summed E-state index contributed by atoms with van der Waals surface area (Å²) in [6, 6.07) is 6.32. The van der Waals surface area contributed by atoms with Crippen molar-refractivity contribution in [2.45, 2.75) is 13.3 Å². The lowest BCUT2D eigenvalue weighted by Crippen LogP contribution is -2.22. The Morgan fingerprint density at radius 3 is 2.81 bits per heavy atom. The number of hydrogen-bond donors (Lipinski definition) is 1. The molecule has 0 amide bonds. The number of nitro groups is 1. The maximum Gasteiger partial charge on any atom is 0.271 e. The lowest BCUT2D eigenvalue weighted by Gasteiger charge is -2.18. The summed E-state index contributed by atoms with van der Waals surface area (Å²) in [7, 11) is 3.51. The number of nitro benzene ring substituents is 1. The van der Waals surface area contributed by atoms with Crippen LogP contribution in [0.1, 0.15) is 5.82 Å². The van der Waals surface area contributed by atoms with Gasteiger partial charge in [0.05, 0.1) is 4.92 Å². The second kappa shape index (κ2) is 6.02. The summed E-state index contributed by atoms with van der Waals surface area (Å²) >= 11 is 5.23. The first-order chi connectivity index (χ1) is 9.93. The van der Waals surface area contributed by atoms with Gasteiger partial charge in [-0.3, -0.25) is 10.1 Å². The predicted octanol–water partition coefficient (Wildman–Crippen LogP) is 1.45. The summed E-state index contributed by atoms with van der Waals surface area (Å²) in [6.45, 7) is 0.126. The van der Waals surface area contributed by atoms with Crippen molar-refractivity contribution in [2.75, 3.05) is 11.9 Å². The van der Waals surface area contributed by atoms with Crippen molar-refractivity contribution in [3.8, 4) is 0 Å². The highest BCUT2D eigenvalue weighted by Gasteiger charge is 2.11. The van der Waals surface area contributed by atoms with Gasteiger partial charge in [0.15, 0.2) is 10.6 Å². The third kappa shape index (κ3) is 3.09. The Hall–Kier alpha value is -2.26. The Balaban J connectivity index is 2.26. The number of aliphatic hydroxyl groups excluding tert-OH is 1. The minimum Gasteiger partial charge on any atom is -0.388 e. The second-order valence-corrected chi connectivity index (χ2v) is 4.90. The first kappa shape index (κ1) is 15.1. The quantitative estimate of drug-likeness (QED) is 0.511. The molecule has 0 aliphatic carbocycles. The molecule has 21 heavy (non-hydrogen) atoms. The highest BCUT2D eigenvalue weighted by atomic mass is 32.1. The molecule has 1 aromatic heterocycles. The summed E-state index contributed by atoms with van der Waals surface area (Å²) in [5.74, 6) is 0.465. The molecule has 2 rings (SSSR count). The minimum atomic E-state index is -0.437. The molecule has 0 spiro atoms. The van der Waals surface area contributed by atoms with Gasteiger partial charge in [-0.25, -0.2) is 4.68 Å². The van der Waals surface area contributed by atoms with Crippen molar-refractivity contribution < 1.29 is 10.0 Å². The van der Waals surface area contributed by atoms with E-state index in [0.717, 1.165) is 0 Å². The van der Waals surface area contributed by atoms with Crippen LogP contribution < -0.4 is 4.90 Å². The van der Waals surface area contributed by atoms with Crippen LogP contribution in [0, 0.1) is 14.9 Å². The van der Waals surface area contributed by atoms with Crippen molar-refractivity contribution in [1.29, 1.82) is 0 Å². The van der Waals surface area contributed by atoms with E-state index in [1.54, 1.807) is 40.4 Å². The van der Waals surface area contributed by atoms with E-state index in [2.05, 4.69) is 5.10 Å². The van der Waals surface area contributed by atoms with Crippen LogP contribution in [0.4, 0.5) is 11.4 Å². The molecule has 0 saturated carbocycles. The first-order valence-corrected chi connectivity index (χ1v) is 6.54. The van der Waals surface area contributed by atoms with Gasteiger partial charge < -0.3 is 14.6 Å². The molecular formula is C12H15N5O3S. The van der Waals surface area contributed by atoms with Crippen molar-refractivity contribution in [3.05, 3.63) is 45.0 Å². The highest BCUT2D eigenvalue weighted by Crippen LogP contribution is 2.20. The van der Waals surface area contributed by atoms with Gasteiger partial charge in [0.1, 0.15) is 13.3 Å². The van der Waals surface area contributed by atoms with E-state index in [1.807, 2.05) is 0 Å². The number of benzene rings is 1. The van der Waals surface area contributed by atoms with E-state index in [-0.39, 0.29) is 12.3 Å². The molecular weight excluding hydrogens is 294 g/mol. The van der Waals surface area contributed by atoms with Crippen molar-refractivity contribution in [2.24, 2.45) is 7.05 Å². The summed E-state index contributed by atoms with van der Waals surface area (Å²) in [5.41, 5.74) is 0.710. The van der Waals surface area contributed by atoms with Crippen molar-refractivity contribution >= 4 is 23.6 Å². The van der Waals surface area contributed by atoms with Gasteiger partial charge in [-0.1, -0.05) is 6.07 Å². The number of nitrogens with zero attached hydrogens (tertiary/aromatic N) is 5. The molecule has 0 saturated heterocycles. The molecule has 0 aliphatic heterocycles. The average Bonchev–Trinajstić information content (AvgIpc) is 2.75. The van der Waals surface area contributed by atoms with Crippen LogP contribution in [-0.2, 0) is 20.3 Å². The summed E-state index contributed by atoms with van der Waals surface area (Å²) in [6.07, 6.45) is 0. The number of rotatable bonds is 5. The SMILES string of the molecule is CN(Cn1nc(CO)n(C)c1=S)c1cccc([N+](=O)[O-])c1. The number of aromatic nitrogens is 3. The van der Waals surface area contributed by atoms with E-state index < -0.39 is 4.92 Å². The number of non-ortho nitro benzene ring substituents is 1. The van der Waals surface area contributed by atoms with Gasteiger partial charge in [0.25, 0.3) is 5.69 Å². The molecule has 0 bridgehead atoms. The van der Waals surface area contributed by atoms with Crippen LogP contribution in [-0.4, -0.2) is 31.4 Å². The molecule has 0 fully saturated rings. The molecule has 1 aromatic carbocycles. The topological polar surface area (TPSA) is 89.4 Å². The Morgan fingerprint density at radius 1 is 1.52 bits per heavy atom. The van der Waals surface area contributed by atoms with Gasteiger partial charge in [-0.05, 0) is 18.3 Å². The Bertz CT molecular complexity index is 724. The minimum absolute atomic E-state index is 0.0278. The lowest BCUT2D eigenvalue weighted by atomic mass is 10.2. The molecule has 0 unspecified atom stereocenters. The van der Waals surface area contributed by atoms with Crippen LogP contribution in [0.3, 0.4) is 0 Å². The van der Waals surface area contributed by atoms with Gasteiger partial charge in [-0.2, -0.15) is 5.10 Å². The molecule has 1 N–H and O–H groups in total. The van der Waals surface area contributed by atoms with Gasteiger partial charge in [0, 0.05) is 31.9 Å². The molecule has 8 nitrogen and oxygen atoms in total. The molecule has 9 heteroatoms. The number of hydrogen-bond acceptors (Lipinski definition) is 6. The Morgan fingerprint density at radius 2 is 2.24 bits per heavy atom. The van der Waals surface area contributed by atoms with E-state index in [1.165, 1.54) is 12.1 Å². The van der Waals surface area contributed by atoms with Crippen molar-refractivity contribution in [3.63, 3.8) is 0 Å². The molecule has 0 atom stereocenters. The van der Waals surface area contributed by atoms with Crippen LogP contribution in [0.5, 0.6) is 0 Å². The predicted molar refractivity (Wildman–Crippen MR) is 79.5 cm³/mol. The van der Waals surface area contributed by atoms with Gasteiger partial charge in [0.2, 0.25) is 0 Å². The fourth-order valence-electron chi connectivity index (χ4n) is 1.89. The summed E-state index contributed by atoms with van der Waals surface area (Å²) < 4.78 is 3.65. The van der Waals surface area contributed by atoms with Crippen LogP contribution in [0.2, 0.25) is 0 Å². The lowest BCUT2D eigenvalue weighted by molar-refractivity contribution is -0.384. The fraction of sp³-hybridized carbons (Fsp3) is 0.333. The number of aliphatic hydroxyl groups is 1. The number of anilines is 1. The molecule has 0 radical (unpaired) electrons. The van der Waals surface area contributed by atoms with Crippen LogP contribution in [0.25, 0.3) is 0 Å². The first-order valence-electron chi connectivity index (χ1n) is 6.13.